The molecule has 1 aliphatic heterocycles. The van der Waals surface area contributed by atoms with E-state index in [4.69, 9.17) is 0 Å². The van der Waals surface area contributed by atoms with Crippen LogP contribution in [0.5, 0.6) is 0 Å². The molecule has 70 valence electrons. The zero-order chi connectivity index (χ0) is 9.76. The largest absolute Gasteiger partial charge is 0.278 e. The van der Waals surface area contributed by atoms with E-state index in [1.54, 1.807) is 0 Å². The van der Waals surface area contributed by atoms with Gasteiger partial charge in [-0.15, -0.1) is 0 Å². The molecule has 1 spiro atoms. The Labute approximate surface area is 90.2 Å². The lowest BCUT2D eigenvalue weighted by Gasteiger charge is -2.21. The minimum absolute atomic E-state index is 0.0461. The van der Waals surface area contributed by atoms with Gasteiger partial charge in [0, 0.05) is 11.0 Å². The highest BCUT2D eigenvalue weighted by atomic mass is 79.9. The SMILES string of the molecule is O=C1N=C(Br)C2(CC2)c2ccccc21. The van der Waals surface area contributed by atoms with Crippen molar-refractivity contribution < 1.29 is 4.79 Å². The molecule has 0 unspecified atom stereocenters. The fourth-order valence-corrected chi connectivity index (χ4v) is 2.83. The summed E-state index contributed by atoms with van der Waals surface area (Å²) in [6.07, 6.45) is 2.20. The quantitative estimate of drug-likeness (QED) is 0.696. The molecule has 1 amide bonds. The van der Waals surface area contributed by atoms with Crippen LogP contribution < -0.4 is 0 Å². The number of fused-ring (bicyclic) bond motifs is 2. The van der Waals surface area contributed by atoms with Crippen LogP contribution in [0, 0.1) is 0 Å². The third-order valence-electron chi connectivity index (χ3n) is 3.02. The van der Waals surface area contributed by atoms with Crippen molar-refractivity contribution in [1.82, 2.24) is 0 Å². The van der Waals surface area contributed by atoms with Gasteiger partial charge in [0.15, 0.2) is 0 Å². The molecule has 0 bridgehead atoms. The molecule has 3 heteroatoms. The summed E-state index contributed by atoms with van der Waals surface area (Å²) in [5, 5.41) is 0. The van der Waals surface area contributed by atoms with Crippen molar-refractivity contribution in [3.8, 4) is 0 Å². The van der Waals surface area contributed by atoms with Crippen LogP contribution in [0.3, 0.4) is 0 Å². The second kappa shape index (κ2) is 2.54. The van der Waals surface area contributed by atoms with Crippen molar-refractivity contribution in [1.29, 1.82) is 0 Å². The molecule has 3 rings (SSSR count). The van der Waals surface area contributed by atoms with Crippen LogP contribution >= 0.6 is 15.9 Å². The van der Waals surface area contributed by atoms with Gasteiger partial charge in [0.05, 0.1) is 4.62 Å². The van der Waals surface area contributed by atoms with Gasteiger partial charge in [-0.2, -0.15) is 0 Å². The molecule has 2 aliphatic rings. The molecule has 1 aliphatic carbocycles. The van der Waals surface area contributed by atoms with Crippen LogP contribution in [0.25, 0.3) is 0 Å². The van der Waals surface area contributed by atoms with Crippen molar-refractivity contribution in [3.05, 3.63) is 35.4 Å². The molecule has 0 atom stereocenters. The Morgan fingerprint density at radius 1 is 1.29 bits per heavy atom. The van der Waals surface area contributed by atoms with Crippen LogP contribution in [0.2, 0.25) is 0 Å². The van der Waals surface area contributed by atoms with Gasteiger partial charge in [-0.25, -0.2) is 4.99 Å². The molecular weight excluding hydrogens is 242 g/mol. The molecule has 1 fully saturated rings. The Bertz CT molecular complexity index is 460. The summed E-state index contributed by atoms with van der Waals surface area (Å²) in [5.74, 6) is -0.120. The first-order chi connectivity index (χ1) is 6.74. The van der Waals surface area contributed by atoms with Gasteiger partial charge in [0.25, 0.3) is 5.91 Å². The fraction of sp³-hybridized carbons (Fsp3) is 0.273. The number of rotatable bonds is 0. The van der Waals surface area contributed by atoms with Crippen LogP contribution in [-0.4, -0.2) is 10.5 Å². The smallest absolute Gasteiger partial charge is 0.267 e. The van der Waals surface area contributed by atoms with E-state index in [0.29, 0.717) is 0 Å². The van der Waals surface area contributed by atoms with Gasteiger partial charge in [-0.1, -0.05) is 18.2 Å². The highest BCUT2D eigenvalue weighted by molar-refractivity contribution is 9.18. The minimum atomic E-state index is -0.120. The maximum absolute atomic E-state index is 11.6. The molecular formula is C11H8BrNO. The number of amides is 1. The van der Waals surface area contributed by atoms with Crippen molar-refractivity contribution in [2.75, 3.05) is 0 Å². The summed E-state index contributed by atoms with van der Waals surface area (Å²) in [6.45, 7) is 0. The summed E-state index contributed by atoms with van der Waals surface area (Å²) < 4.78 is 0.814. The van der Waals surface area contributed by atoms with Crippen molar-refractivity contribution in [3.63, 3.8) is 0 Å². The molecule has 0 radical (unpaired) electrons. The van der Waals surface area contributed by atoms with Gasteiger partial charge in [-0.3, -0.25) is 4.79 Å². The van der Waals surface area contributed by atoms with Crippen LogP contribution in [0.15, 0.2) is 29.3 Å². The van der Waals surface area contributed by atoms with Gasteiger partial charge in [-0.05, 0) is 40.4 Å². The molecule has 0 N–H and O–H groups in total. The Hall–Kier alpha value is -0.960. The molecule has 1 aromatic rings. The summed E-state index contributed by atoms with van der Waals surface area (Å²) in [6, 6.07) is 7.77. The van der Waals surface area contributed by atoms with E-state index in [-0.39, 0.29) is 11.3 Å². The second-order valence-electron chi connectivity index (χ2n) is 3.84. The van der Waals surface area contributed by atoms with Crippen LogP contribution in [0.1, 0.15) is 28.8 Å². The number of halogens is 1. The Morgan fingerprint density at radius 3 is 2.71 bits per heavy atom. The molecule has 1 heterocycles. The van der Waals surface area contributed by atoms with Crippen molar-refractivity contribution in [2.45, 2.75) is 18.3 Å². The molecule has 0 saturated heterocycles. The molecule has 1 aromatic carbocycles. The number of benzene rings is 1. The summed E-state index contributed by atoms with van der Waals surface area (Å²) >= 11 is 3.41. The molecule has 2 nitrogen and oxygen atoms in total. The second-order valence-corrected chi connectivity index (χ2v) is 4.59. The van der Waals surface area contributed by atoms with E-state index in [1.807, 2.05) is 24.3 Å². The van der Waals surface area contributed by atoms with Crippen LogP contribution in [0.4, 0.5) is 0 Å². The van der Waals surface area contributed by atoms with Crippen molar-refractivity contribution in [2.24, 2.45) is 4.99 Å². The Balaban J connectivity index is 2.29. The van der Waals surface area contributed by atoms with Gasteiger partial charge >= 0.3 is 0 Å². The predicted octanol–water partition coefficient (Wildman–Crippen LogP) is 2.67. The normalized spacial score (nSPS) is 21.8. The fourth-order valence-electron chi connectivity index (χ4n) is 2.06. The predicted molar refractivity (Wildman–Crippen MR) is 58.0 cm³/mol. The highest BCUT2D eigenvalue weighted by Crippen LogP contribution is 2.53. The number of hydrogen-bond donors (Lipinski definition) is 0. The number of nitrogens with zero attached hydrogens (tertiary/aromatic N) is 1. The third-order valence-corrected chi connectivity index (χ3v) is 3.95. The number of carbonyl (C=O) groups is 1. The van der Waals surface area contributed by atoms with E-state index in [2.05, 4.69) is 20.9 Å². The Kier molecular flexibility index (Phi) is 1.52. The molecule has 1 saturated carbocycles. The van der Waals surface area contributed by atoms with E-state index in [9.17, 15) is 4.79 Å². The first-order valence-electron chi connectivity index (χ1n) is 4.62. The Morgan fingerprint density at radius 2 is 2.00 bits per heavy atom. The van der Waals surface area contributed by atoms with Gasteiger partial charge in [0.1, 0.15) is 0 Å². The standard InChI is InChI=1S/C11H8BrNO/c12-10-11(5-6-11)8-4-2-1-3-7(8)9(14)13-10/h1-4H,5-6H2. The van der Waals surface area contributed by atoms with E-state index < -0.39 is 0 Å². The summed E-state index contributed by atoms with van der Waals surface area (Å²) in [7, 11) is 0. The lowest BCUT2D eigenvalue weighted by molar-refractivity contribution is 0.0999. The average molecular weight is 250 g/mol. The minimum Gasteiger partial charge on any atom is -0.267 e. The highest BCUT2D eigenvalue weighted by Gasteiger charge is 2.52. The van der Waals surface area contributed by atoms with Gasteiger partial charge < -0.3 is 0 Å². The molecule has 14 heavy (non-hydrogen) atoms. The van der Waals surface area contributed by atoms with Gasteiger partial charge in [0.2, 0.25) is 0 Å². The first-order valence-corrected chi connectivity index (χ1v) is 5.42. The molecule has 0 aromatic heterocycles. The zero-order valence-electron chi connectivity index (χ0n) is 7.46. The number of aliphatic imine (C=N–C) groups is 1. The van der Waals surface area contributed by atoms with Crippen molar-refractivity contribution >= 4 is 26.5 Å². The van der Waals surface area contributed by atoms with E-state index >= 15 is 0 Å². The third kappa shape index (κ3) is 0.906. The number of hydrogen-bond acceptors (Lipinski definition) is 1. The lowest BCUT2D eigenvalue weighted by Crippen LogP contribution is -2.24. The first kappa shape index (κ1) is 8.36. The van der Waals surface area contributed by atoms with E-state index in [0.717, 1.165) is 28.6 Å². The maximum Gasteiger partial charge on any atom is 0.278 e. The summed E-state index contributed by atoms with van der Waals surface area (Å²) in [4.78, 5) is 15.6. The monoisotopic (exact) mass is 249 g/mol. The topological polar surface area (TPSA) is 29.4 Å². The maximum atomic E-state index is 11.6. The lowest BCUT2D eigenvalue weighted by atomic mass is 9.90. The summed E-state index contributed by atoms with van der Waals surface area (Å²) in [5.41, 5.74) is 1.96. The van der Waals surface area contributed by atoms with E-state index in [1.165, 1.54) is 0 Å². The number of carbonyl (C=O) groups excluding carboxylic acids is 1. The van der Waals surface area contributed by atoms with Crippen LogP contribution in [-0.2, 0) is 5.41 Å². The zero-order valence-corrected chi connectivity index (χ0v) is 9.04. The average Bonchev–Trinajstić information content (AvgIpc) is 2.97.